The van der Waals surface area contributed by atoms with E-state index in [1.165, 1.54) is 0 Å². The zero-order valence-corrected chi connectivity index (χ0v) is 11.8. The van der Waals surface area contributed by atoms with Crippen molar-refractivity contribution in [1.29, 1.82) is 0 Å². The Morgan fingerprint density at radius 3 is 1.25 bits per heavy atom. The maximum atomic E-state index is 5.25. The molecule has 0 aliphatic heterocycles. The largest absolute Gasteiger partial charge is 0.493 e. The van der Waals surface area contributed by atoms with Crippen molar-refractivity contribution >= 4 is 0 Å². The van der Waals surface area contributed by atoms with Crippen LogP contribution < -0.4 is 18.9 Å². The summed E-state index contributed by atoms with van der Waals surface area (Å²) in [5.41, 5.74) is 1.31. The quantitative estimate of drug-likeness (QED) is 0.834. The van der Waals surface area contributed by atoms with E-state index in [1.807, 2.05) is 0 Å². The fraction of sp³-hybridized carbons (Fsp3) is 0.286. The van der Waals surface area contributed by atoms with Gasteiger partial charge in [-0.3, -0.25) is 9.97 Å². The molecule has 0 atom stereocenters. The van der Waals surface area contributed by atoms with Crippen LogP contribution in [0.2, 0.25) is 0 Å². The third kappa shape index (κ3) is 2.59. The van der Waals surface area contributed by atoms with Crippen LogP contribution in [0.3, 0.4) is 0 Å². The second kappa shape index (κ2) is 6.10. The molecule has 0 saturated carbocycles. The molecule has 0 bridgehead atoms. The van der Waals surface area contributed by atoms with E-state index in [9.17, 15) is 0 Å². The van der Waals surface area contributed by atoms with Crippen LogP contribution >= 0.6 is 0 Å². The summed E-state index contributed by atoms with van der Waals surface area (Å²) >= 11 is 0. The maximum Gasteiger partial charge on any atom is 0.179 e. The average Bonchev–Trinajstić information content (AvgIpc) is 2.53. The SMILES string of the molecule is COc1cnc(-c2cc(OC)c(OC)cn2)cc1OC. The predicted octanol–water partition coefficient (Wildman–Crippen LogP) is 2.18. The van der Waals surface area contributed by atoms with Crippen LogP contribution in [-0.4, -0.2) is 38.4 Å². The minimum Gasteiger partial charge on any atom is -0.493 e. The third-order valence-electron chi connectivity index (χ3n) is 2.81. The monoisotopic (exact) mass is 276 g/mol. The summed E-state index contributed by atoms with van der Waals surface area (Å²) < 4.78 is 20.8. The van der Waals surface area contributed by atoms with Crippen LogP contribution in [0.25, 0.3) is 11.4 Å². The van der Waals surface area contributed by atoms with E-state index in [2.05, 4.69) is 9.97 Å². The van der Waals surface area contributed by atoms with Gasteiger partial charge in [-0.2, -0.15) is 0 Å². The van der Waals surface area contributed by atoms with Gasteiger partial charge in [-0.05, 0) is 0 Å². The van der Waals surface area contributed by atoms with Crippen molar-refractivity contribution in [3.8, 4) is 34.4 Å². The van der Waals surface area contributed by atoms with Gasteiger partial charge in [0.15, 0.2) is 23.0 Å². The van der Waals surface area contributed by atoms with Crippen LogP contribution in [0, 0.1) is 0 Å². The first-order valence-electron chi connectivity index (χ1n) is 5.90. The fourth-order valence-electron chi connectivity index (χ4n) is 1.75. The van der Waals surface area contributed by atoms with Gasteiger partial charge < -0.3 is 18.9 Å². The van der Waals surface area contributed by atoms with Crippen LogP contribution in [0.1, 0.15) is 0 Å². The van der Waals surface area contributed by atoms with Gasteiger partial charge >= 0.3 is 0 Å². The van der Waals surface area contributed by atoms with Crippen molar-refractivity contribution in [1.82, 2.24) is 9.97 Å². The molecule has 0 aliphatic rings. The maximum absolute atomic E-state index is 5.25. The first-order chi connectivity index (χ1) is 9.73. The molecule has 0 unspecified atom stereocenters. The smallest absolute Gasteiger partial charge is 0.179 e. The summed E-state index contributed by atoms with van der Waals surface area (Å²) in [6.07, 6.45) is 3.18. The molecule has 2 rings (SSSR count). The summed E-state index contributed by atoms with van der Waals surface area (Å²) in [6, 6.07) is 3.51. The molecule has 0 fully saturated rings. The van der Waals surface area contributed by atoms with E-state index in [0.717, 1.165) is 0 Å². The van der Waals surface area contributed by atoms with Gasteiger partial charge in [-0.15, -0.1) is 0 Å². The van der Waals surface area contributed by atoms with E-state index in [1.54, 1.807) is 53.0 Å². The summed E-state index contributed by atoms with van der Waals surface area (Å²) in [5.74, 6) is 2.32. The fourth-order valence-corrected chi connectivity index (χ4v) is 1.75. The molecule has 0 saturated heterocycles. The molecule has 0 spiro atoms. The predicted molar refractivity (Wildman–Crippen MR) is 73.7 cm³/mol. The van der Waals surface area contributed by atoms with Gasteiger partial charge in [0.1, 0.15) is 0 Å². The molecular formula is C14H16N2O4. The molecule has 2 aromatic heterocycles. The highest BCUT2D eigenvalue weighted by Gasteiger charge is 2.11. The Bertz CT molecular complexity index is 548. The lowest BCUT2D eigenvalue weighted by Gasteiger charge is -2.10. The molecule has 0 amide bonds. The topological polar surface area (TPSA) is 62.7 Å². The minimum absolute atomic E-state index is 0.566. The molecule has 2 heterocycles. The highest BCUT2D eigenvalue weighted by atomic mass is 16.5. The number of methoxy groups -OCH3 is 4. The van der Waals surface area contributed by atoms with E-state index in [0.29, 0.717) is 34.4 Å². The minimum atomic E-state index is 0.566. The van der Waals surface area contributed by atoms with E-state index >= 15 is 0 Å². The van der Waals surface area contributed by atoms with E-state index in [4.69, 9.17) is 18.9 Å². The van der Waals surface area contributed by atoms with Crippen LogP contribution in [0.15, 0.2) is 24.5 Å². The third-order valence-corrected chi connectivity index (χ3v) is 2.81. The Morgan fingerprint density at radius 2 is 0.950 bits per heavy atom. The Hall–Kier alpha value is -2.50. The van der Waals surface area contributed by atoms with Gasteiger partial charge in [0.05, 0.1) is 52.2 Å². The summed E-state index contributed by atoms with van der Waals surface area (Å²) in [4.78, 5) is 8.59. The number of hydrogen-bond acceptors (Lipinski definition) is 6. The molecule has 20 heavy (non-hydrogen) atoms. The average molecular weight is 276 g/mol. The van der Waals surface area contributed by atoms with Crippen LogP contribution in [0.4, 0.5) is 0 Å². The van der Waals surface area contributed by atoms with Crippen molar-refractivity contribution in [2.45, 2.75) is 0 Å². The number of ether oxygens (including phenoxy) is 4. The van der Waals surface area contributed by atoms with Crippen molar-refractivity contribution in [2.24, 2.45) is 0 Å². The van der Waals surface area contributed by atoms with Gasteiger partial charge in [-0.25, -0.2) is 0 Å². The normalized spacial score (nSPS) is 10.0. The molecule has 2 aromatic rings. The Balaban J connectivity index is 2.46. The summed E-state index contributed by atoms with van der Waals surface area (Å²) in [7, 11) is 6.27. The van der Waals surface area contributed by atoms with E-state index in [-0.39, 0.29) is 0 Å². The second-order valence-corrected chi connectivity index (χ2v) is 3.85. The van der Waals surface area contributed by atoms with Crippen molar-refractivity contribution in [3.05, 3.63) is 24.5 Å². The number of hydrogen-bond donors (Lipinski definition) is 0. The second-order valence-electron chi connectivity index (χ2n) is 3.85. The van der Waals surface area contributed by atoms with Crippen LogP contribution in [0.5, 0.6) is 23.0 Å². The molecule has 0 aliphatic carbocycles. The molecule has 6 nitrogen and oxygen atoms in total. The zero-order chi connectivity index (χ0) is 14.5. The van der Waals surface area contributed by atoms with Gasteiger partial charge in [-0.1, -0.05) is 0 Å². The Labute approximate surface area is 117 Å². The number of rotatable bonds is 5. The van der Waals surface area contributed by atoms with Crippen molar-refractivity contribution in [2.75, 3.05) is 28.4 Å². The zero-order valence-electron chi connectivity index (χ0n) is 11.8. The van der Waals surface area contributed by atoms with Crippen LogP contribution in [-0.2, 0) is 0 Å². The lowest BCUT2D eigenvalue weighted by Crippen LogP contribution is -1.96. The highest BCUT2D eigenvalue weighted by molar-refractivity contribution is 5.62. The van der Waals surface area contributed by atoms with E-state index < -0.39 is 0 Å². The van der Waals surface area contributed by atoms with Crippen molar-refractivity contribution in [3.63, 3.8) is 0 Å². The standard InChI is InChI=1S/C14H16N2O4/c1-17-11-5-9(15-7-13(11)19-3)10-6-12(18-2)14(20-4)8-16-10/h5-8H,1-4H3. The molecule has 106 valence electrons. The van der Waals surface area contributed by atoms with Gasteiger partial charge in [0.2, 0.25) is 0 Å². The Kier molecular flexibility index (Phi) is 4.24. The Morgan fingerprint density at radius 1 is 0.600 bits per heavy atom. The molecule has 6 heteroatoms. The summed E-state index contributed by atoms with van der Waals surface area (Å²) in [5, 5.41) is 0. The van der Waals surface area contributed by atoms with Gasteiger partial charge in [0, 0.05) is 12.1 Å². The number of pyridine rings is 2. The van der Waals surface area contributed by atoms with Gasteiger partial charge in [0.25, 0.3) is 0 Å². The molecule has 0 radical (unpaired) electrons. The first-order valence-corrected chi connectivity index (χ1v) is 5.90. The first kappa shape index (κ1) is 13.9. The number of aromatic nitrogens is 2. The highest BCUT2D eigenvalue weighted by Crippen LogP contribution is 2.33. The molecule has 0 N–H and O–H groups in total. The summed E-state index contributed by atoms with van der Waals surface area (Å²) in [6.45, 7) is 0. The number of nitrogens with zero attached hydrogens (tertiary/aromatic N) is 2. The van der Waals surface area contributed by atoms with Crippen molar-refractivity contribution < 1.29 is 18.9 Å². The lowest BCUT2D eigenvalue weighted by atomic mass is 10.2. The molecule has 0 aromatic carbocycles. The lowest BCUT2D eigenvalue weighted by molar-refractivity contribution is 0.352. The molecular weight excluding hydrogens is 260 g/mol.